The van der Waals surface area contributed by atoms with Crippen molar-refractivity contribution in [1.29, 1.82) is 0 Å². The van der Waals surface area contributed by atoms with E-state index in [0.717, 1.165) is 12.0 Å². The van der Waals surface area contributed by atoms with Gasteiger partial charge in [-0.15, -0.1) is 0 Å². The first-order valence-electron chi connectivity index (χ1n) is 11.4. The highest BCUT2D eigenvalue weighted by Crippen LogP contribution is 2.23. The maximum atomic E-state index is 13.1. The average Bonchev–Trinajstić information content (AvgIpc) is 2.82. The molecule has 170 valence electrons. The number of carbonyl (C=O) groups excluding carboxylic acids is 3. The first-order valence-corrected chi connectivity index (χ1v) is 11.4. The van der Waals surface area contributed by atoms with Gasteiger partial charge >= 0.3 is 0 Å². The lowest BCUT2D eigenvalue weighted by molar-refractivity contribution is -0.125. The molecule has 0 aromatic heterocycles. The van der Waals surface area contributed by atoms with E-state index < -0.39 is 6.04 Å². The van der Waals surface area contributed by atoms with Crippen molar-refractivity contribution in [2.75, 3.05) is 13.1 Å². The first kappa shape index (κ1) is 23.5. The van der Waals surface area contributed by atoms with Crippen LogP contribution in [-0.2, 0) is 4.79 Å². The highest BCUT2D eigenvalue weighted by Gasteiger charge is 2.34. The van der Waals surface area contributed by atoms with E-state index >= 15 is 0 Å². The van der Waals surface area contributed by atoms with Crippen LogP contribution >= 0.6 is 0 Å². The molecule has 1 saturated heterocycles. The van der Waals surface area contributed by atoms with E-state index in [2.05, 4.69) is 10.6 Å². The molecular formula is C26H33N3O3. The van der Waals surface area contributed by atoms with Crippen molar-refractivity contribution in [1.82, 2.24) is 15.5 Å². The maximum absolute atomic E-state index is 13.1. The van der Waals surface area contributed by atoms with Gasteiger partial charge in [0.1, 0.15) is 6.04 Å². The molecule has 1 heterocycles. The summed E-state index contributed by atoms with van der Waals surface area (Å²) < 4.78 is 0. The SMILES string of the molecule is CCC(C)NC(=O)C(NC(=O)c1ccc(C)cc1)C1CCN(C(=O)c2ccccc2)CC1. The average molecular weight is 436 g/mol. The van der Waals surface area contributed by atoms with Crippen molar-refractivity contribution >= 4 is 17.7 Å². The van der Waals surface area contributed by atoms with Crippen LogP contribution in [0.15, 0.2) is 54.6 Å². The lowest BCUT2D eigenvalue weighted by atomic mass is 9.88. The van der Waals surface area contributed by atoms with E-state index in [4.69, 9.17) is 0 Å². The summed E-state index contributed by atoms with van der Waals surface area (Å²) in [5.41, 5.74) is 2.28. The summed E-state index contributed by atoms with van der Waals surface area (Å²) >= 11 is 0. The van der Waals surface area contributed by atoms with Crippen molar-refractivity contribution in [3.63, 3.8) is 0 Å². The quantitative estimate of drug-likeness (QED) is 0.698. The number of amides is 3. The standard InChI is InChI=1S/C26H33N3O3/c1-4-19(3)27-25(31)23(28-24(30)21-12-10-18(2)11-13-21)20-14-16-29(17-15-20)26(32)22-8-6-5-7-9-22/h5-13,19-20,23H,4,14-17H2,1-3H3,(H,27,31)(H,28,30). The van der Waals surface area contributed by atoms with Crippen LogP contribution in [0.3, 0.4) is 0 Å². The van der Waals surface area contributed by atoms with Crippen molar-refractivity contribution < 1.29 is 14.4 Å². The molecule has 3 amide bonds. The van der Waals surface area contributed by atoms with Gasteiger partial charge in [0.15, 0.2) is 0 Å². The summed E-state index contributed by atoms with van der Waals surface area (Å²) in [6.07, 6.45) is 2.13. The second-order valence-corrected chi connectivity index (χ2v) is 8.63. The molecule has 2 aromatic rings. The van der Waals surface area contributed by atoms with Crippen LogP contribution in [0, 0.1) is 12.8 Å². The highest BCUT2D eigenvalue weighted by atomic mass is 16.2. The Kier molecular flexibility index (Phi) is 8.03. The number of carbonyl (C=O) groups is 3. The zero-order valence-electron chi connectivity index (χ0n) is 19.1. The first-order chi connectivity index (χ1) is 15.4. The number of hydrogen-bond donors (Lipinski definition) is 2. The molecule has 2 atom stereocenters. The summed E-state index contributed by atoms with van der Waals surface area (Å²) in [4.78, 5) is 40.5. The Morgan fingerprint density at radius 2 is 1.56 bits per heavy atom. The summed E-state index contributed by atoms with van der Waals surface area (Å²) in [7, 11) is 0. The molecule has 3 rings (SSSR count). The second kappa shape index (κ2) is 10.9. The third-order valence-electron chi connectivity index (χ3n) is 6.20. The molecule has 0 spiro atoms. The number of likely N-dealkylation sites (tertiary alicyclic amines) is 1. The van der Waals surface area contributed by atoms with E-state index in [1.807, 2.05) is 68.1 Å². The van der Waals surface area contributed by atoms with E-state index in [9.17, 15) is 14.4 Å². The maximum Gasteiger partial charge on any atom is 0.253 e. The number of benzene rings is 2. The van der Waals surface area contributed by atoms with E-state index in [-0.39, 0.29) is 29.7 Å². The van der Waals surface area contributed by atoms with Gasteiger partial charge in [-0.1, -0.05) is 42.8 Å². The van der Waals surface area contributed by atoms with Gasteiger partial charge < -0.3 is 15.5 Å². The molecule has 0 radical (unpaired) electrons. The van der Waals surface area contributed by atoms with Crippen LogP contribution in [0.2, 0.25) is 0 Å². The lowest BCUT2D eigenvalue weighted by Crippen LogP contribution is -2.55. The predicted molar refractivity (Wildman–Crippen MR) is 125 cm³/mol. The van der Waals surface area contributed by atoms with Crippen LogP contribution in [0.1, 0.15) is 59.4 Å². The van der Waals surface area contributed by atoms with Gasteiger partial charge in [0.05, 0.1) is 0 Å². The van der Waals surface area contributed by atoms with E-state index in [1.54, 1.807) is 12.1 Å². The number of nitrogens with zero attached hydrogens (tertiary/aromatic N) is 1. The predicted octanol–water partition coefficient (Wildman–Crippen LogP) is 3.56. The van der Waals surface area contributed by atoms with Gasteiger partial charge in [-0.25, -0.2) is 0 Å². The number of rotatable bonds is 7. The smallest absolute Gasteiger partial charge is 0.253 e. The largest absolute Gasteiger partial charge is 0.352 e. The van der Waals surface area contributed by atoms with Gasteiger partial charge in [-0.3, -0.25) is 14.4 Å². The molecule has 0 saturated carbocycles. The van der Waals surface area contributed by atoms with Gasteiger partial charge in [-0.2, -0.15) is 0 Å². The fourth-order valence-corrected chi connectivity index (χ4v) is 3.96. The lowest BCUT2D eigenvalue weighted by Gasteiger charge is -2.36. The van der Waals surface area contributed by atoms with E-state index in [0.29, 0.717) is 37.1 Å². The zero-order valence-corrected chi connectivity index (χ0v) is 19.1. The summed E-state index contributed by atoms with van der Waals surface area (Å²) in [6, 6.07) is 16.0. The van der Waals surface area contributed by atoms with Crippen molar-refractivity contribution in [2.45, 2.75) is 52.1 Å². The second-order valence-electron chi connectivity index (χ2n) is 8.63. The van der Waals surface area contributed by atoms with Gasteiger partial charge in [0.2, 0.25) is 5.91 Å². The van der Waals surface area contributed by atoms with Gasteiger partial charge in [0.25, 0.3) is 11.8 Å². The molecule has 2 unspecified atom stereocenters. The highest BCUT2D eigenvalue weighted by molar-refractivity contribution is 5.98. The number of aryl methyl sites for hydroxylation is 1. The molecule has 2 aromatic carbocycles. The van der Waals surface area contributed by atoms with Crippen LogP contribution in [0.4, 0.5) is 0 Å². The molecule has 1 aliphatic heterocycles. The number of piperidine rings is 1. The minimum Gasteiger partial charge on any atom is -0.352 e. The summed E-state index contributed by atoms with van der Waals surface area (Å²) in [5, 5.41) is 5.99. The molecule has 1 fully saturated rings. The Balaban J connectivity index is 1.69. The Labute approximate surface area is 190 Å². The van der Waals surface area contributed by atoms with Crippen molar-refractivity contribution in [3.8, 4) is 0 Å². The normalized spacial score (nSPS) is 16.2. The Morgan fingerprint density at radius 1 is 0.938 bits per heavy atom. The summed E-state index contributed by atoms with van der Waals surface area (Å²) in [5.74, 6) is -0.439. The molecule has 0 aliphatic carbocycles. The van der Waals surface area contributed by atoms with Crippen LogP contribution in [0.5, 0.6) is 0 Å². The Bertz CT molecular complexity index is 919. The van der Waals surface area contributed by atoms with E-state index in [1.165, 1.54) is 0 Å². The number of nitrogens with one attached hydrogen (secondary N) is 2. The van der Waals surface area contributed by atoms with Crippen LogP contribution in [-0.4, -0.2) is 47.8 Å². The number of hydrogen-bond acceptors (Lipinski definition) is 3. The molecule has 2 N–H and O–H groups in total. The minimum atomic E-state index is -0.633. The fourth-order valence-electron chi connectivity index (χ4n) is 3.96. The Morgan fingerprint density at radius 3 is 2.16 bits per heavy atom. The molecule has 1 aliphatic rings. The molecular weight excluding hydrogens is 402 g/mol. The van der Waals surface area contributed by atoms with Crippen LogP contribution < -0.4 is 10.6 Å². The molecule has 32 heavy (non-hydrogen) atoms. The third kappa shape index (κ3) is 5.96. The molecule has 6 heteroatoms. The molecule has 0 bridgehead atoms. The zero-order chi connectivity index (χ0) is 23.1. The van der Waals surface area contributed by atoms with Gasteiger partial charge in [-0.05, 0) is 63.3 Å². The third-order valence-corrected chi connectivity index (χ3v) is 6.20. The van der Waals surface area contributed by atoms with Crippen LogP contribution in [0.25, 0.3) is 0 Å². The molecule has 6 nitrogen and oxygen atoms in total. The summed E-state index contributed by atoms with van der Waals surface area (Å²) in [6.45, 7) is 7.06. The van der Waals surface area contributed by atoms with Crippen molar-refractivity contribution in [3.05, 3.63) is 71.3 Å². The fraction of sp³-hybridized carbons (Fsp3) is 0.423. The van der Waals surface area contributed by atoms with Crippen molar-refractivity contribution in [2.24, 2.45) is 5.92 Å². The topological polar surface area (TPSA) is 78.5 Å². The Hall–Kier alpha value is -3.15. The van der Waals surface area contributed by atoms with Gasteiger partial charge in [0, 0.05) is 30.3 Å². The monoisotopic (exact) mass is 435 g/mol. The minimum absolute atomic E-state index is 0.00773.